The summed E-state index contributed by atoms with van der Waals surface area (Å²) in [6.07, 6.45) is 5.44. The van der Waals surface area contributed by atoms with Crippen molar-refractivity contribution in [1.82, 2.24) is 4.90 Å². The number of esters is 1. The molecule has 2 saturated carbocycles. The molecule has 3 aliphatic rings. The molecule has 7 nitrogen and oxygen atoms in total. The summed E-state index contributed by atoms with van der Waals surface area (Å²) in [5, 5.41) is 3.44. The van der Waals surface area contributed by atoms with Gasteiger partial charge in [-0.25, -0.2) is 4.79 Å². The van der Waals surface area contributed by atoms with Crippen LogP contribution in [0.3, 0.4) is 0 Å². The van der Waals surface area contributed by atoms with Gasteiger partial charge >= 0.3 is 5.97 Å². The van der Waals surface area contributed by atoms with Crippen LogP contribution in [0.1, 0.15) is 36.0 Å². The summed E-state index contributed by atoms with van der Waals surface area (Å²) < 4.78 is 4.64. The minimum Gasteiger partial charge on any atom is -0.465 e. The van der Waals surface area contributed by atoms with E-state index in [0.717, 1.165) is 30.9 Å². The van der Waals surface area contributed by atoms with Gasteiger partial charge in [-0.15, -0.1) is 0 Å². The molecule has 140 valence electrons. The Balaban J connectivity index is 1.45. The summed E-state index contributed by atoms with van der Waals surface area (Å²) in [6, 6.07) is 6.91. The van der Waals surface area contributed by atoms with E-state index >= 15 is 0 Å². The maximum Gasteiger partial charge on any atom is 0.337 e. The van der Waals surface area contributed by atoms with Crippen LogP contribution in [0.25, 0.3) is 0 Å². The first kappa shape index (κ1) is 17.8. The molecule has 27 heavy (non-hydrogen) atoms. The van der Waals surface area contributed by atoms with E-state index < -0.39 is 5.97 Å². The monoisotopic (exact) mass is 385 g/mol. The summed E-state index contributed by atoms with van der Waals surface area (Å²) in [6.45, 7) is 0. The van der Waals surface area contributed by atoms with Crippen LogP contribution < -0.4 is 5.32 Å². The predicted octanol–water partition coefficient (Wildman–Crippen LogP) is 2.55. The third-order valence-electron chi connectivity index (χ3n) is 4.42. The van der Waals surface area contributed by atoms with E-state index in [1.807, 2.05) is 0 Å². The van der Waals surface area contributed by atoms with Crippen molar-refractivity contribution in [2.75, 3.05) is 12.4 Å². The predicted molar refractivity (Wildman–Crippen MR) is 102 cm³/mol. The summed E-state index contributed by atoms with van der Waals surface area (Å²) >= 11 is 1.28. The number of aliphatic imine (C=N–C) groups is 1. The van der Waals surface area contributed by atoms with Crippen molar-refractivity contribution in [1.29, 1.82) is 0 Å². The third kappa shape index (κ3) is 4.05. The lowest BCUT2D eigenvalue weighted by atomic mass is 10.2. The van der Waals surface area contributed by atoms with Gasteiger partial charge in [0.25, 0.3) is 5.91 Å². The lowest BCUT2D eigenvalue weighted by Crippen LogP contribution is -2.31. The molecule has 2 aliphatic carbocycles. The Hall–Kier alpha value is -2.61. The zero-order chi connectivity index (χ0) is 19.0. The molecule has 0 spiro atoms. The zero-order valence-electron chi connectivity index (χ0n) is 14.8. The number of rotatable bonds is 5. The van der Waals surface area contributed by atoms with Crippen LogP contribution in [0.2, 0.25) is 0 Å². The van der Waals surface area contributed by atoms with Gasteiger partial charge in [0.15, 0.2) is 5.17 Å². The Labute approximate surface area is 160 Å². The Morgan fingerprint density at radius 2 is 1.93 bits per heavy atom. The second kappa shape index (κ2) is 7.19. The van der Waals surface area contributed by atoms with E-state index in [-0.39, 0.29) is 17.9 Å². The van der Waals surface area contributed by atoms with Gasteiger partial charge in [0.05, 0.1) is 23.6 Å². The molecule has 1 N–H and O–H groups in total. The van der Waals surface area contributed by atoms with Crippen molar-refractivity contribution in [2.24, 2.45) is 4.99 Å². The molecule has 0 radical (unpaired) electrons. The second-order valence-corrected chi connectivity index (χ2v) is 7.73. The fourth-order valence-electron chi connectivity index (χ4n) is 2.70. The average molecular weight is 385 g/mol. The fraction of sp³-hybridized carbons (Fsp3) is 0.368. The Morgan fingerprint density at radius 3 is 2.52 bits per heavy atom. The number of ether oxygens (including phenoxy) is 1. The maximum atomic E-state index is 12.7. The van der Waals surface area contributed by atoms with Crippen LogP contribution in [0, 0.1) is 0 Å². The van der Waals surface area contributed by atoms with Crippen LogP contribution in [0.4, 0.5) is 5.69 Å². The fourth-order valence-corrected chi connectivity index (χ4v) is 3.78. The molecule has 0 unspecified atom stereocenters. The smallest absolute Gasteiger partial charge is 0.337 e. The van der Waals surface area contributed by atoms with Crippen molar-refractivity contribution in [2.45, 2.75) is 37.8 Å². The highest BCUT2D eigenvalue weighted by Crippen LogP contribution is 2.40. The van der Waals surface area contributed by atoms with Gasteiger partial charge in [-0.3, -0.25) is 19.5 Å². The molecular formula is C19H19N3O4S. The quantitative estimate of drug-likeness (QED) is 0.622. The molecule has 0 aromatic heterocycles. The lowest BCUT2D eigenvalue weighted by Gasteiger charge is -2.13. The van der Waals surface area contributed by atoms with Crippen LogP contribution in [0.5, 0.6) is 0 Å². The molecule has 2 amide bonds. The van der Waals surface area contributed by atoms with Gasteiger partial charge in [-0.1, -0.05) is 0 Å². The van der Waals surface area contributed by atoms with Gasteiger partial charge in [-0.05, 0) is 61.7 Å². The van der Waals surface area contributed by atoms with Gasteiger partial charge in [-0.2, -0.15) is 0 Å². The average Bonchev–Trinajstić information content (AvgIpc) is 3.57. The molecule has 1 aliphatic heterocycles. The van der Waals surface area contributed by atoms with Crippen LogP contribution in [-0.4, -0.2) is 47.0 Å². The molecule has 1 saturated heterocycles. The number of amidine groups is 1. The second-order valence-electron chi connectivity index (χ2n) is 6.72. The molecule has 3 fully saturated rings. The number of hydrogen-bond donors (Lipinski definition) is 1. The van der Waals surface area contributed by atoms with E-state index in [9.17, 15) is 14.4 Å². The molecule has 0 atom stereocenters. The molecule has 1 aromatic carbocycles. The molecule has 4 rings (SSSR count). The minimum atomic E-state index is -0.439. The van der Waals surface area contributed by atoms with Gasteiger partial charge in [0.2, 0.25) is 5.91 Å². The lowest BCUT2D eigenvalue weighted by molar-refractivity contribution is -0.123. The summed E-state index contributed by atoms with van der Waals surface area (Å²) in [4.78, 5) is 43.2. The summed E-state index contributed by atoms with van der Waals surface area (Å²) in [7, 11) is 1.31. The maximum absolute atomic E-state index is 12.7. The Morgan fingerprint density at radius 1 is 1.22 bits per heavy atom. The van der Waals surface area contributed by atoms with E-state index in [1.54, 1.807) is 29.2 Å². The largest absolute Gasteiger partial charge is 0.465 e. The topological polar surface area (TPSA) is 88.1 Å². The minimum absolute atomic E-state index is 0.141. The highest BCUT2D eigenvalue weighted by atomic mass is 32.2. The Bertz CT molecular complexity index is 854. The number of methoxy groups -OCH3 is 1. The number of hydrogen-bond acceptors (Lipinski definition) is 6. The normalized spacial score (nSPS) is 22.4. The first-order chi connectivity index (χ1) is 13.0. The molecule has 1 heterocycles. The number of carbonyl (C=O) groups is 3. The standard InChI is InChI=1S/C19H19N3O4S/c1-26-18(25)11-2-4-12(5-3-11)20-16(23)10-15-17(24)22(14-8-9-14)19(27-15)21-13-6-7-13/h2-5,10,13-14H,6-9H2,1H3,(H,20,23)/b15-10-,21-19?. The third-order valence-corrected chi connectivity index (χ3v) is 5.42. The van der Waals surface area contributed by atoms with Crippen molar-refractivity contribution in [3.05, 3.63) is 40.8 Å². The molecular weight excluding hydrogens is 366 g/mol. The molecule has 1 aromatic rings. The van der Waals surface area contributed by atoms with E-state index in [2.05, 4.69) is 15.0 Å². The number of anilines is 1. The number of thioether (sulfide) groups is 1. The molecule has 8 heteroatoms. The van der Waals surface area contributed by atoms with Crippen molar-refractivity contribution < 1.29 is 19.1 Å². The SMILES string of the molecule is COC(=O)c1ccc(NC(=O)/C=C2\SC(=NC3CC3)N(C3CC3)C2=O)cc1. The Kier molecular flexibility index (Phi) is 4.73. The highest BCUT2D eigenvalue weighted by Gasteiger charge is 2.43. The van der Waals surface area contributed by atoms with Crippen molar-refractivity contribution >= 4 is 40.4 Å². The highest BCUT2D eigenvalue weighted by molar-refractivity contribution is 8.18. The number of carbonyl (C=O) groups excluding carboxylic acids is 3. The van der Waals surface area contributed by atoms with E-state index in [0.29, 0.717) is 22.2 Å². The number of nitrogens with one attached hydrogen (secondary N) is 1. The van der Waals surface area contributed by atoms with Crippen LogP contribution in [0.15, 0.2) is 40.2 Å². The molecule has 0 bridgehead atoms. The van der Waals surface area contributed by atoms with E-state index in [1.165, 1.54) is 24.9 Å². The van der Waals surface area contributed by atoms with E-state index in [4.69, 9.17) is 0 Å². The van der Waals surface area contributed by atoms with Crippen LogP contribution in [-0.2, 0) is 14.3 Å². The summed E-state index contributed by atoms with van der Waals surface area (Å²) in [5.74, 6) is -0.969. The number of benzene rings is 1. The van der Waals surface area contributed by atoms with Gasteiger partial charge < -0.3 is 10.1 Å². The van der Waals surface area contributed by atoms with Gasteiger partial charge in [0, 0.05) is 17.8 Å². The van der Waals surface area contributed by atoms with Crippen LogP contribution >= 0.6 is 11.8 Å². The van der Waals surface area contributed by atoms with Crippen molar-refractivity contribution in [3.63, 3.8) is 0 Å². The zero-order valence-corrected chi connectivity index (χ0v) is 15.6. The number of nitrogens with zero attached hydrogens (tertiary/aromatic N) is 2. The first-order valence-electron chi connectivity index (χ1n) is 8.85. The first-order valence-corrected chi connectivity index (χ1v) is 9.67. The number of amides is 2. The van der Waals surface area contributed by atoms with Gasteiger partial charge in [0.1, 0.15) is 0 Å². The van der Waals surface area contributed by atoms with Crippen molar-refractivity contribution in [3.8, 4) is 0 Å². The summed E-state index contributed by atoms with van der Waals surface area (Å²) in [5.41, 5.74) is 0.933.